The Balaban J connectivity index is 1.25. The van der Waals surface area contributed by atoms with E-state index in [1.807, 2.05) is 30.3 Å². The summed E-state index contributed by atoms with van der Waals surface area (Å²) in [4.78, 5) is 10.6. The van der Waals surface area contributed by atoms with Gasteiger partial charge in [-0.2, -0.15) is 0 Å². The van der Waals surface area contributed by atoms with Crippen LogP contribution < -0.4 is 9.80 Å². The monoisotopic (exact) mass is 679 g/mol. The van der Waals surface area contributed by atoms with E-state index in [0.29, 0.717) is 4.91 Å². The number of rotatable bonds is 6. The maximum absolute atomic E-state index is 13.4. The van der Waals surface area contributed by atoms with Gasteiger partial charge in [-0.1, -0.05) is 109 Å². The first-order chi connectivity index (χ1) is 25.1. The van der Waals surface area contributed by atoms with Gasteiger partial charge in [-0.25, -0.2) is 13.4 Å². The van der Waals surface area contributed by atoms with E-state index < -0.39 is 9.84 Å². The zero-order chi connectivity index (χ0) is 34.4. The van der Waals surface area contributed by atoms with Crippen molar-refractivity contribution in [2.24, 2.45) is 0 Å². The smallest absolute Gasteiger partial charge is 0.206 e. The minimum absolute atomic E-state index is 0.276. The molecule has 6 heteroatoms. The van der Waals surface area contributed by atoms with Gasteiger partial charge in [0.1, 0.15) is 0 Å². The van der Waals surface area contributed by atoms with Gasteiger partial charge in [-0.3, -0.25) is 0 Å². The lowest BCUT2D eigenvalue weighted by molar-refractivity contribution is 0.602. The summed E-state index contributed by atoms with van der Waals surface area (Å²) in [5.41, 5.74) is 10.8. The SMILES string of the molecule is O=S(=O)(C1=CCCC=C1)c1ccc(-c2cc(-c3ccccc3)c3cccc(N4c5ccccc5N(c5ccccc5)c5ccccc54)c3n2)cc1. The van der Waals surface area contributed by atoms with Gasteiger partial charge in [0.25, 0.3) is 0 Å². The highest BCUT2D eigenvalue weighted by Gasteiger charge is 2.31. The predicted octanol–water partition coefficient (Wildman–Crippen LogP) is 11.8. The third kappa shape index (κ3) is 5.32. The van der Waals surface area contributed by atoms with Crippen LogP contribution in [0.1, 0.15) is 12.8 Å². The van der Waals surface area contributed by atoms with Crippen LogP contribution in [0.2, 0.25) is 0 Å². The Labute approximate surface area is 298 Å². The fourth-order valence-electron chi connectivity index (χ4n) is 7.21. The van der Waals surface area contributed by atoms with Gasteiger partial charge in [0.15, 0.2) is 0 Å². The molecule has 0 fully saturated rings. The maximum atomic E-state index is 13.4. The summed E-state index contributed by atoms with van der Waals surface area (Å²) in [6, 6.07) is 53.4. The van der Waals surface area contributed by atoms with E-state index in [2.05, 4.69) is 131 Å². The Morgan fingerprint density at radius 2 is 1.12 bits per heavy atom. The summed E-state index contributed by atoms with van der Waals surface area (Å²) in [6.45, 7) is 0. The van der Waals surface area contributed by atoms with Gasteiger partial charge >= 0.3 is 0 Å². The number of anilines is 6. The molecule has 1 aliphatic heterocycles. The van der Waals surface area contributed by atoms with Crippen molar-refractivity contribution in [2.45, 2.75) is 17.7 Å². The number of nitrogens with zero attached hydrogens (tertiary/aromatic N) is 3. The molecular weight excluding hydrogens is 647 g/mol. The van der Waals surface area contributed by atoms with Gasteiger partial charge in [0.05, 0.1) is 49.4 Å². The standard InChI is InChI=1S/C45H33N3O2S/c49-51(50,35-19-8-3-9-20-35)36-29-27-33(28-30-36)39-31-38(32-15-4-1-5-16-32)37-21-14-26-44(45(37)46-39)48-42-24-12-10-22-40(42)47(34-17-6-2-7-18-34)41-23-11-13-25-43(41)48/h1-2,4-8,10-31H,3,9H2. The van der Waals surface area contributed by atoms with Crippen LogP contribution >= 0.6 is 0 Å². The predicted molar refractivity (Wildman–Crippen MR) is 209 cm³/mol. The molecule has 246 valence electrons. The molecule has 1 aromatic heterocycles. The molecule has 0 amide bonds. The van der Waals surface area contributed by atoms with E-state index in [1.165, 1.54) is 0 Å². The molecule has 2 aliphatic rings. The van der Waals surface area contributed by atoms with Gasteiger partial charge in [-0.15, -0.1) is 0 Å². The molecule has 0 unspecified atom stereocenters. The molecule has 0 atom stereocenters. The number of aromatic nitrogens is 1. The number of hydrogen-bond donors (Lipinski definition) is 0. The average Bonchev–Trinajstić information content (AvgIpc) is 3.20. The van der Waals surface area contributed by atoms with Crippen LogP contribution in [0.25, 0.3) is 33.3 Å². The normalized spacial score (nSPS) is 13.8. The molecule has 0 bridgehead atoms. The maximum Gasteiger partial charge on any atom is 0.206 e. The number of pyridine rings is 1. The largest absolute Gasteiger partial charge is 0.306 e. The lowest BCUT2D eigenvalue weighted by Gasteiger charge is -2.40. The van der Waals surface area contributed by atoms with Crippen LogP contribution in [0.5, 0.6) is 0 Å². The molecule has 0 saturated heterocycles. The second kappa shape index (κ2) is 12.6. The highest BCUT2D eigenvalue weighted by molar-refractivity contribution is 7.95. The van der Waals surface area contributed by atoms with Crippen LogP contribution in [0, 0.1) is 0 Å². The van der Waals surface area contributed by atoms with E-state index in [9.17, 15) is 8.42 Å². The van der Waals surface area contributed by atoms with Crippen molar-refractivity contribution in [1.29, 1.82) is 0 Å². The number of allylic oxidation sites excluding steroid dienone is 3. The van der Waals surface area contributed by atoms with Gasteiger partial charge in [0, 0.05) is 16.6 Å². The second-order valence-electron chi connectivity index (χ2n) is 12.7. The van der Waals surface area contributed by atoms with Crippen LogP contribution in [-0.4, -0.2) is 13.4 Å². The number of fused-ring (bicyclic) bond motifs is 3. The van der Waals surface area contributed by atoms with Crippen molar-refractivity contribution >= 4 is 54.9 Å². The summed E-state index contributed by atoms with van der Waals surface area (Å²) >= 11 is 0. The molecule has 1 aliphatic carbocycles. The van der Waals surface area contributed by atoms with Crippen LogP contribution in [-0.2, 0) is 9.84 Å². The number of para-hydroxylation sites is 6. The van der Waals surface area contributed by atoms with E-state index >= 15 is 0 Å². The van der Waals surface area contributed by atoms with Crippen molar-refractivity contribution in [3.63, 3.8) is 0 Å². The summed E-state index contributed by atoms with van der Waals surface area (Å²) in [7, 11) is -3.61. The van der Waals surface area contributed by atoms with Crippen molar-refractivity contribution in [3.8, 4) is 22.4 Å². The minimum atomic E-state index is -3.61. The molecule has 2 heterocycles. The van der Waals surface area contributed by atoms with E-state index in [4.69, 9.17) is 4.98 Å². The Morgan fingerprint density at radius 1 is 0.529 bits per heavy atom. The Morgan fingerprint density at radius 3 is 1.75 bits per heavy atom. The highest BCUT2D eigenvalue weighted by Crippen LogP contribution is 2.55. The van der Waals surface area contributed by atoms with E-state index in [-0.39, 0.29) is 4.90 Å². The zero-order valence-electron chi connectivity index (χ0n) is 27.7. The number of hydrogen-bond acceptors (Lipinski definition) is 5. The summed E-state index contributed by atoms with van der Waals surface area (Å²) < 4.78 is 26.9. The van der Waals surface area contributed by atoms with Crippen LogP contribution in [0.4, 0.5) is 34.1 Å². The van der Waals surface area contributed by atoms with Crippen molar-refractivity contribution < 1.29 is 8.42 Å². The lowest BCUT2D eigenvalue weighted by atomic mass is 9.97. The first-order valence-electron chi connectivity index (χ1n) is 17.1. The van der Waals surface area contributed by atoms with Crippen molar-refractivity contribution in [2.75, 3.05) is 9.80 Å². The van der Waals surface area contributed by atoms with Crippen LogP contribution in [0.3, 0.4) is 0 Å². The first kappa shape index (κ1) is 30.8. The van der Waals surface area contributed by atoms with Crippen LogP contribution in [0.15, 0.2) is 186 Å². The molecule has 0 saturated carbocycles. The summed E-state index contributed by atoms with van der Waals surface area (Å²) in [6.07, 6.45) is 7.02. The minimum Gasteiger partial charge on any atom is -0.306 e. The second-order valence-corrected chi connectivity index (χ2v) is 14.6. The quantitative estimate of drug-likeness (QED) is 0.175. The van der Waals surface area contributed by atoms with Gasteiger partial charge in [0.2, 0.25) is 9.84 Å². The third-order valence-corrected chi connectivity index (χ3v) is 11.4. The fraction of sp³-hybridized carbons (Fsp3) is 0.0444. The summed E-state index contributed by atoms with van der Waals surface area (Å²) in [5, 5.41) is 1.03. The topological polar surface area (TPSA) is 53.5 Å². The Hall–Kier alpha value is -6.24. The molecule has 5 nitrogen and oxygen atoms in total. The first-order valence-corrected chi connectivity index (χ1v) is 18.6. The Bertz CT molecular complexity index is 2550. The molecule has 0 spiro atoms. The van der Waals surface area contributed by atoms with Crippen molar-refractivity contribution in [3.05, 3.63) is 181 Å². The fourth-order valence-corrected chi connectivity index (χ4v) is 8.59. The summed E-state index contributed by atoms with van der Waals surface area (Å²) in [5.74, 6) is 0. The van der Waals surface area contributed by atoms with Crippen molar-refractivity contribution in [1.82, 2.24) is 4.98 Å². The zero-order valence-corrected chi connectivity index (χ0v) is 28.5. The molecule has 7 aromatic rings. The number of benzene rings is 6. The molecule has 0 N–H and O–H groups in total. The molecular formula is C45H33N3O2S. The Kier molecular flexibility index (Phi) is 7.59. The lowest BCUT2D eigenvalue weighted by Crippen LogP contribution is -2.24. The van der Waals surface area contributed by atoms with E-state index in [1.54, 1.807) is 24.3 Å². The van der Waals surface area contributed by atoms with Gasteiger partial charge in [-0.05, 0) is 90.7 Å². The molecule has 9 rings (SSSR count). The third-order valence-electron chi connectivity index (χ3n) is 9.62. The molecule has 0 radical (unpaired) electrons. The molecule has 6 aromatic carbocycles. The highest BCUT2D eigenvalue weighted by atomic mass is 32.2. The average molecular weight is 680 g/mol. The molecule has 51 heavy (non-hydrogen) atoms. The van der Waals surface area contributed by atoms with E-state index in [0.717, 1.165) is 80.3 Å². The van der Waals surface area contributed by atoms with Gasteiger partial charge < -0.3 is 9.80 Å². The number of sulfone groups is 1.